The number of carboxylic acids is 1. The van der Waals surface area contributed by atoms with Gasteiger partial charge in [-0.3, -0.25) is 9.59 Å². The molecule has 20 heavy (non-hydrogen) atoms. The van der Waals surface area contributed by atoms with Crippen LogP contribution in [-0.2, 0) is 14.3 Å². The molecule has 0 aliphatic heterocycles. The molecule has 0 aromatic rings. The summed E-state index contributed by atoms with van der Waals surface area (Å²) in [6.07, 6.45) is 3.86. The summed E-state index contributed by atoms with van der Waals surface area (Å²) in [6.45, 7) is 3.42. The lowest BCUT2D eigenvalue weighted by atomic mass is 10.3. The van der Waals surface area contributed by atoms with Crippen LogP contribution in [0, 0.1) is 11.3 Å². The molecule has 0 bridgehead atoms. The summed E-state index contributed by atoms with van der Waals surface area (Å²) in [4.78, 5) is 21.8. The standard InChI is InChI=1S/C13H21N3O4/c1-2-3-6-20-7-4-5-16-13(19)11(8-14)9-15-10-12(17)18/h9,15H,2-7,10H2,1H3,(H,16,19)(H,17,18)/b11-9-. The first-order valence-corrected chi connectivity index (χ1v) is 6.53. The quantitative estimate of drug-likeness (QED) is 0.287. The van der Waals surface area contributed by atoms with Gasteiger partial charge in [-0.05, 0) is 12.8 Å². The van der Waals surface area contributed by atoms with Crippen LogP contribution in [-0.4, -0.2) is 43.3 Å². The van der Waals surface area contributed by atoms with E-state index in [1.165, 1.54) is 0 Å². The van der Waals surface area contributed by atoms with Crippen LogP contribution in [0.25, 0.3) is 0 Å². The van der Waals surface area contributed by atoms with Gasteiger partial charge < -0.3 is 20.5 Å². The van der Waals surface area contributed by atoms with Crippen molar-refractivity contribution < 1.29 is 19.4 Å². The molecular weight excluding hydrogens is 262 g/mol. The normalized spacial score (nSPS) is 10.7. The summed E-state index contributed by atoms with van der Waals surface area (Å²) in [7, 11) is 0. The number of hydrogen-bond acceptors (Lipinski definition) is 5. The van der Waals surface area contributed by atoms with Crippen molar-refractivity contribution >= 4 is 11.9 Å². The molecular formula is C13H21N3O4. The fraction of sp³-hybridized carbons (Fsp3) is 0.615. The van der Waals surface area contributed by atoms with Gasteiger partial charge in [0.1, 0.15) is 18.2 Å². The van der Waals surface area contributed by atoms with Gasteiger partial charge >= 0.3 is 5.97 Å². The van der Waals surface area contributed by atoms with Crippen LogP contribution >= 0.6 is 0 Å². The molecule has 7 nitrogen and oxygen atoms in total. The van der Waals surface area contributed by atoms with Gasteiger partial charge in [-0.1, -0.05) is 13.3 Å². The second-order valence-electron chi connectivity index (χ2n) is 4.02. The van der Waals surface area contributed by atoms with Crippen LogP contribution in [0.3, 0.4) is 0 Å². The van der Waals surface area contributed by atoms with Gasteiger partial charge in [-0.15, -0.1) is 0 Å². The highest BCUT2D eigenvalue weighted by Crippen LogP contribution is 1.92. The maximum atomic E-state index is 11.6. The van der Waals surface area contributed by atoms with Gasteiger partial charge in [0.25, 0.3) is 5.91 Å². The average molecular weight is 283 g/mol. The van der Waals surface area contributed by atoms with E-state index in [9.17, 15) is 9.59 Å². The first-order valence-electron chi connectivity index (χ1n) is 6.53. The zero-order chi connectivity index (χ0) is 15.2. The molecule has 3 N–H and O–H groups in total. The molecule has 0 saturated heterocycles. The highest BCUT2D eigenvalue weighted by Gasteiger charge is 2.07. The SMILES string of the molecule is CCCCOCCCNC(=O)/C(C#N)=C\NCC(=O)O. The van der Waals surface area contributed by atoms with Crippen LogP contribution in [0.5, 0.6) is 0 Å². The Morgan fingerprint density at radius 2 is 2.05 bits per heavy atom. The van der Waals surface area contributed by atoms with Gasteiger partial charge in [0.05, 0.1) is 0 Å². The van der Waals surface area contributed by atoms with Gasteiger partial charge in [-0.2, -0.15) is 5.26 Å². The van der Waals surface area contributed by atoms with Gasteiger partial charge in [0.15, 0.2) is 0 Å². The van der Waals surface area contributed by atoms with E-state index in [0.29, 0.717) is 26.2 Å². The summed E-state index contributed by atoms with van der Waals surface area (Å²) in [5.74, 6) is -1.60. The maximum Gasteiger partial charge on any atom is 0.322 e. The Morgan fingerprint density at radius 3 is 2.65 bits per heavy atom. The Hall–Kier alpha value is -2.07. The third-order valence-electron chi connectivity index (χ3n) is 2.26. The molecule has 0 rings (SSSR count). The van der Waals surface area contributed by atoms with Crippen LogP contribution in [0.2, 0.25) is 0 Å². The van der Waals surface area contributed by atoms with Crippen molar-refractivity contribution in [1.29, 1.82) is 5.26 Å². The molecule has 0 aromatic carbocycles. The minimum absolute atomic E-state index is 0.154. The number of nitriles is 1. The van der Waals surface area contributed by atoms with E-state index < -0.39 is 11.9 Å². The fourth-order valence-corrected chi connectivity index (χ4v) is 1.21. The number of amides is 1. The number of ether oxygens (including phenoxy) is 1. The van der Waals surface area contributed by atoms with Crippen molar-refractivity contribution in [3.05, 3.63) is 11.8 Å². The smallest absolute Gasteiger partial charge is 0.322 e. The molecule has 7 heteroatoms. The topological polar surface area (TPSA) is 111 Å². The van der Waals surface area contributed by atoms with Crippen molar-refractivity contribution in [3.8, 4) is 6.07 Å². The minimum atomic E-state index is -1.07. The van der Waals surface area contributed by atoms with E-state index in [2.05, 4.69) is 17.6 Å². The molecule has 112 valence electrons. The first kappa shape index (κ1) is 17.9. The summed E-state index contributed by atoms with van der Waals surface area (Å²) < 4.78 is 5.33. The monoisotopic (exact) mass is 283 g/mol. The van der Waals surface area contributed by atoms with E-state index in [4.69, 9.17) is 15.1 Å². The van der Waals surface area contributed by atoms with E-state index in [0.717, 1.165) is 19.0 Å². The fourth-order valence-electron chi connectivity index (χ4n) is 1.21. The number of aliphatic carboxylic acids is 1. The molecule has 0 saturated carbocycles. The highest BCUT2D eigenvalue weighted by atomic mass is 16.5. The van der Waals surface area contributed by atoms with E-state index in [1.807, 2.05) is 0 Å². The molecule has 0 aliphatic carbocycles. The zero-order valence-electron chi connectivity index (χ0n) is 11.6. The highest BCUT2D eigenvalue weighted by molar-refractivity contribution is 5.97. The predicted octanol–water partition coefficient (Wildman–Crippen LogP) is 0.391. The molecule has 0 atom stereocenters. The lowest BCUT2D eigenvalue weighted by Gasteiger charge is -2.05. The Kier molecular flexibility index (Phi) is 10.7. The van der Waals surface area contributed by atoms with Gasteiger partial charge in [-0.25, -0.2) is 0 Å². The second kappa shape index (κ2) is 12.0. The average Bonchev–Trinajstić information content (AvgIpc) is 2.42. The minimum Gasteiger partial charge on any atom is -0.480 e. The molecule has 0 radical (unpaired) electrons. The lowest BCUT2D eigenvalue weighted by Crippen LogP contribution is -2.28. The molecule has 1 amide bonds. The molecule has 0 spiro atoms. The largest absolute Gasteiger partial charge is 0.480 e. The number of carboxylic acid groups (broad SMARTS) is 1. The Balaban J connectivity index is 3.82. The number of carbonyl (C=O) groups excluding carboxylic acids is 1. The summed E-state index contributed by atoms with van der Waals surface area (Å²) in [5.41, 5.74) is -0.154. The van der Waals surface area contributed by atoms with Crippen molar-refractivity contribution in [2.45, 2.75) is 26.2 Å². The molecule has 0 heterocycles. The van der Waals surface area contributed by atoms with Crippen LogP contribution in [0.1, 0.15) is 26.2 Å². The van der Waals surface area contributed by atoms with Crippen molar-refractivity contribution in [2.24, 2.45) is 0 Å². The first-order chi connectivity index (χ1) is 9.61. The number of hydrogen-bond donors (Lipinski definition) is 3. The molecule has 0 aliphatic rings. The molecule has 0 fully saturated rings. The van der Waals surface area contributed by atoms with Crippen LogP contribution < -0.4 is 10.6 Å². The third kappa shape index (κ3) is 9.91. The number of nitrogens with zero attached hydrogens (tertiary/aromatic N) is 1. The Bertz CT molecular complexity index is 374. The van der Waals surface area contributed by atoms with E-state index >= 15 is 0 Å². The van der Waals surface area contributed by atoms with Crippen LogP contribution in [0.4, 0.5) is 0 Å². The van der Waals surface area contributed by atoms with Crippen LogP contribution in [0.15, 0.2) is 11.8 Å². The second-order valence-corrected chi connectivity index (χ2v) is 4.02. The third-order valence-corrected chi connectivity index (χ3v) is 2.26. The predicted molar refractivity (Wildman–Crippen MR) is 72.7 cm³/mol. The number of unbranched alkanes of at least 4 members (excludes halogenated alkanes) is 1. The Morgan fingerprint density at radius 1 is 1.35 bits per heavy atom. The number of nitrogens with one attached hydrogen (secondary N) is 2. The lowest BCUT2D eigenvalue weighted by molar-refractivity contribution is -0.135. The van der Waals surface area contributed by atoms with Gasteiger partial charge in [0, 0.05) is 26.0 Å². The Labute approximate surface area is 118 Å². The molecule has 0 unspecified atom stereocenters. The number of rotatable bonds is 11. The van der Waals surface area contributed by atoms with Crippen molar-refractivity contribution in [3.63, 3.8) is 0 Å². The van der Waals surface area contributed by atoms with Gasteiger partial charge in [0.2, 0.25) is 0 Å². The number of carbonyl (C=O) groups is 2. The maximum absolute atomic E-state index is 11.6. The summed E-state index contributed by atoms with van der Waals surface area (Å²) >= 11 is 0. The summed E-state index contributed by atoms with van der Waals surface area (Å²) in [5, 5.41) is 22.1. The van der Waals surface area contributed by atoms with E-state index in [1.54, 1.807) is 6.07 Å². The van der Waals surface area contributed by atoms with E-state index in [-0.39, 0.29) is 12.1 Å². The zero-order valence-corrected chi connectivity index (χ0v) is 11.6. The van der Waals surface area contributed by atoms with Crippen molar-refractivity contribution in [1.82, 2.24) is 10.6 Å². The molecule has 0 aromatic heterocycles. The summed E-state index contributed by atoms with van der Waals surface area (Å²) in [6, 6.07) is 1.71. The van der Waals surface area contributed by atoms with Crippen molar-refractivity contribution in [2.75, 3.05) is 26.3 Å².